The Bertz CT molecular complexity index is 670. The van der Waals surface area contributed by atoms with E-state index in [2.05, 4.69) is 58.8 Å². The summed E-state index contributed by atoms with van der Waals surface area (Å²) in [6, 6.07) is 14.6. The third kappa shape index (κ3) is 1.95. The minimum Gasteiger partial charge on any atom is -0.379 e. The summed E-state index contributed by atoms with van der Waals surface area (Å²) >= 11 is 0. The number of hydrogen-bond donors (Lipinski definition) is 2. The highest BCUT2D eigenvalue weighted by Crippen LogP contribution is 2.21. The van der Waals surface area contributed by atoms with Crippen LogP contribution in [-0.2, 0) is 6.54 Å². The molecule has 0 aliphatic heterocycles. The standard InChI is InChI=1S/C15H15N3/c1-11-5-2-3-6-12(11)9-16-14-8-4-7-13-10-17-18-15(13)14/h2-8,10,16H,9H2,1H3,(H,17,18). The molecule has 0 spiro atoms. The van der Waals surface area contributed by atoms with Gasteiger partial charge in [0.25, 0.3) is 0 Å². The number of nitrogens with zero attached hydrogens (tertiary/aromatic N) is 1. The van der Waals surface area contributed by atoms with Crippen molar-refractivity contribution in [2.75, 3.05) is 5.32 Å². The van der Waals surface area contributed by atoms with E-state index in [-0.39, 0.29) is 0 Å². The number of aromatic nitrogens is 2. The van der Waals surface area contributed by atoms with Crippen molar-refractivity contribution in [3.63, 3.8) is 0 Å². The molecule has 18 heavy (non-hydrogen) atoms. The smallest absolute Gasteiger partial charge is 0.0881 e. The molecule has 0 aliphatic carbocycles. The van der Waals surface area contributed by atoms with Crippen molar-refractivity contribution in [1.29, 1.82) is 0 Å². The molecule has 0 saturated carbocycles. The third-order valence-electron chi connectivity index (χ3n) is 3.21. The lowest BCUT2D eigenvalue weighted by molar-refractivity contribution is 1.10. The molecule has 0 amide bonds. The summed E-state index contributed by atoms with van der Waals surface area (Å²) in [6.45, 7) is 2.96. The Hall–Kier alpha value is -2.29. The van der Waals surface area contributed by atoms with Gasteiger partial charge >= 0.3 is 0 Å². The maximum absolute atomic E-state index is 4.07. The summed E-state index contributed by atoms with van der Waals surface area (Å²) < 4.78 is 0. The van der Waals surface area contributed by atoms with Crippen LogP contribution in [0.4, 0.5) is 5.69 Å². The van der Waals surface area contributed by atoms with Gasteiger partial charge in [-0.3, -0.25) is 5.10 Å². The van der Waals surface area contributed by atoms with Crippen LogP contribution in [0.1, 0.15) is 11.1 Å². The first kappa shape index (κ1) is 10.8. The van der Waals surface area contributed by atoms with Gasteiger partial charge in [-0.1, -0.05) is 36.4 Å². The number of H-pyrrole nitrogens is 1. The van der Waals surface area contributed by atoms with E-state index < -0.39 is 0 Å². The molecule has 0 fully saturated rings. The first-order valence-corrected chi connectivity index (χ1v) is 6.05. The zero-order chi connectivity index (χ0) is 12.4. The van der Waals surface area contributed by atoms with Gasteiger partial charge in [-0.2, -0.15) is 5.10 Å². The number of nitrogens with one attached hydrogen (secondary N) is 2. The summed E-state index contributed by atoms with van der Waals surface area (Å²) in [5.74, 6) is 0. The predicted molar refractivity (Wildman–Crippen MR) is 74.6 cm³/mol. The van der Waals surface area contributed by atoms with Crippen molar-refractivity contribution in [3.05, 3.63) is 59.8 Å². The summed E-state index contributed by atoms with van der Waals surface area (Å²) in [6.07, 6.45) is 1.84. The Morgan fingerprint density at radius 3 is 2.89 bits per heavy atom. The Balaban J connectivity index is 1.85. The molecule has 0 aliphatic rings. The largest absolute Gasteiger partial charge is 0.379 e. The molecule has 0 bridgehead atoms. The predicted octanol–water partition coefficient (Wildman–Crippen LogP) is 3.48. The van der Waals surface area contributed by atoms with Gasteiger partial charge in [0.05, 0.1) is 17.4 Å². The fourth-order valence-electron chi connectivity index (χ4n) is 2.12. The van der Waals surface area contributed by atoms with E-state index in [1.165, 1.54) is 11.1 Å². The first-order valence-electron chi connectivity index (χ1n) is 6.05. The molecule has 90 valence electrons. The van der Waals surface area contributed by atoms with Gasteiger partial charge in [-0.15, -0.1) is 0 Å². The summed E-state index contributed by atoms with van der Waals surface area (Å²) in [5, 5.41) is 11.7. The molecule has 0 atom stereocenters. The molecule has 3 rings (SSSR count). The van der Waals surface area contributed by atoms with Crippen molar-refractivity contribution < 1.29 is 0 Å². The van der Waals surface area contributed by atoms with E-state index in [0.29, 0.717) is 0 Å². The van der Waals surface area contributed by atoms with Crippen molar-refractivity contribution in [1.82, 2.24) is 10.2 Å². The van der Waals surface area contributed by atoms with Crippen molar-refractivity contribution in [2.45, 2.75) is 13.5 Å². The Kier molecular flexibility index (Phi) is 2.73. The highest BCUT2D eigenvalue weighted by Gasteiger charge is 2.02. The molecule has 2 aromatic carbocycles. The van der Waals surface area contributed by atoms with Gasteiger partial charge in [-0.25, -0.2) is 0 Å². The molecule has 1 heterocycles. The summed E-state index contributed by atoms with van der Waals surface area (Å²) in [5.41, 5.74) is 4.77. The van der Waals surface area contributed by atoms with Crippen LogP contribution in [0.15, 0.2) is 48.7 Å². The van der Waals surface area contributed by atoms with Gasteiger partial charge < -0.3 is 5.32 Å². The molecule has 0 radical (unpaired) electrons. The van der Waals surface area contributed by atoms with E-state index in [9.17, 15) is 0 Å². The van der Waals surface area contributed by atoms with Crippen molar-refractivity contribution >= 4 is 16.6 Å². The van der Waals surface area contributed by atoms with Crippen LogP contribution >= 0.6 is 0 Å². The lowest BCUT2D eigenvalue weighted by Gasteiger charge is -2.09. The lowest BCUT2D eigenvalue weighted by atomic mass is 10.1. The minimum absolute atomic E-state index is 0.824. The quantitative estimate of drug-likeness (QED) is 0.732. The number of aryl methyl sites for hydroxylation is 1. The highest BCUT2D eigenvalue weighted by atomic mass is 15.1. The fourth-order valence-corrected chi connectivity index (χ4v) is 2.12. The van der Waals surface area contributed by atoms with Crippen LogP contribution in [0.25, 0.3) is 10.9 Å². The van der Waals surface area contributed by atoms with Gasteiger partial charge in [-0.05, 0) is 24.1 Å². The van der Waals surface area contributed by atoms with Crippen LogP contribution in [0, 0.1) is 6.92 Å². The fraction of sp³-hybridized carbons (Fsp3) is 0.133. The number of anilines is 1. The van der Waals surface area contributed by atoms with Crippen molar-refractivity contribution in [2.24, 2.45) is 0 Å². The molecule has 3 heteroatoms. The maximum Gasteiger partial charge on any atom is 0.0881 e. The van der Waals surface area contributed by atoms with Crippen LogP contribution in [0.2, 0.25) is 0 Å². The second-order valence-electron chi connectivity index (χ2n) is 4.42. The van der Waals surface area contributed by atoms with Gasteiger partial charge in [0.1, 0.15) is 0 Å². The topological polar surface area (TPSA) is 40.7 Å². The maximum atomic E-state index is 4.07. The number of benzene rings is 2. The molecular formula is C15H15N3. The average Bonchev–Trinajstić information content (AvgIpc) is 2.86. The van der Waals surface area contributed by atoms with E-state index in [0.717, 1.165) is 23.1 Å². The van der Waals surface area contributed by atoms with Gasteiger partial charge in [0, 0.05) is 11.9 Å². The number of rotatable bonds is 3. The third-order valence-corrected chi connectivity index (χ3v) is 3.21. The SMILES string of the molecule is Cc1ccccc1CNc1cccc2cn[nH]c12. The van der Waals surface area contributed by atoms with Crippen molar-refractivity contribution in [3.8, 4) is 0 Å². The van der Waals surface area contributed by atoms with E-state index in [1.54, 1.807) is 0 Å². The first-order chi connectivity index (χ1) is 8.84. The second-order valence-corrected chi connectivity index (χ2v) is 4.42. The van der Waals surface area contributed by atoms with Crippen LogP contribution < -0.4 is 5.32 Å². The van der Waals surface area contributed by atoms with E-state index >= 15 is 0 Å². The molecule has 3 nitrogen and oxygen atoms in total. The van der Waals surface area contributed by atoms with E-state index in [1.807, 2.05) is 12.3 Å². The Morgan fingerprint density at radius 1 is 1.11 bits per heavy atom. The Labute approximate surface area is 106 Å². The number of aromatic amines is 1. The zero-order valence-corrected chi connectivity index (χ0v) is 10.3. The normalized spacial score (nSPS) is 10.7. The zero-order valence-electron chi connectivity index (χ0n) is 10.3. The van der Waals surface area contributed by atoms with E-state index in [4.69, 9.17) is 0 Å². The lowest BCUT2D eigenvalue weighted by Crippen LogP contribution is -2.01. The molecule has 2 N–H and O–H groups in total. The van der Waals surface area contributed by atoms with Gasteiger partial charge in [0.2, 0.25) is 0 Å². The molecular weight excluding hydrogens is 222 g/mol. The molecule has 0 saturated heterocycles. The number of fused-ring (bicyclic) bond motifs is 1. The molecule has 3 aromatic rings. The highest BCUT2D eigenvalue weighted by molar-refractivity contribution is 5.89. The van der Waals surface area contributed by atoms with Crippen LogP contribution in [0.3, 0.4) is 0 Å². The Morgan fingerprint density at radius 2 is 2.00 bits per heavy atom. The molecule has 0 unspecified atom stereocenters. The summed E-state index contributed by atoms with van der Waals surface area (Å²) in [4.78, 5) is 0. The number of hydrogen-bond acceptors (Lipinski definition) is 2. The average molecular weight is 237 g/mol. The van der Waals surface area contributed by atoms with Gasteiger partial charge in [0.15, 0.2) is 0 Å². The summed E-state index contributed by atoms with van der Waals surface area (Å²) in [7, 11) is 0. The van der Waals surface area contributed by atoms with Crippen LogP contribution in [-0.4, -0.2) is 10.2 Å². The molecule has 1 aromatic heterocycles. The number of para-hydroxylation sites is 1. The van der Waals surface area contributed by atoms with Crippen LogP contribution in [0.5, 0.6) is 0 Å². The second kappa shape index (κ2) is 4.53. The minimum atomic E-state index is 0.824. The monoisotopic (exact) mass is 237 g/mol.